The minimum Gasteiger partial charge on any atom is -0.490 e. The van der Waals surface area contributed by atoms with E-state index in [1.807, 2.05) is 0 Å². The third-order valence-electron chi connectivity index (χ3n) is 6.14. The van der Waals surface area contributed by atoms with Gasteiger partial charge in [-0.2, -0.15) is 5.10 Å². The molecule has 0 radical (unpaired) electrons. The highest BCUT2D eigenvalue weighted by atomic mass is 35.5. The molecule has 4 N–H and O–H groups in total. The highest BCUT2D eigenvalue weighted by Crippen LogP contribution is 2.35. The molecule has 2 heterocycles. The largest absolute Gasteiger partial charge is 0.490 e. The van der Waals surface area contributed by atoms with Crippen molar-refractivity contribution in [1.82, 2.24) is 16.1 Å². The molecule has 0 saturated carbocycles. The maximum Gasteiger partial charge on any atom is 0.337 e. The van der Waals surface area contributed by atoms with Crippen LogP contribution in [0.1, 0.15) is 31.2 Å². The van der Waals surface area contributed by atoms with Gasteiger partial charge in [0.15, 0.2) is 17.7 Å². The summed E-state index contributed by atoms with van der Waals surface area (Å²) in [5.41, 5.74) is 4.02. The Bertz CT molecular complexity index is 1590. The van der Waals surface area contributed by atoms with Crippen LogP contribution in [0.2, 0.25) is 5.02 Å². The lowest BCUT2D eigenvalue weighted by Gasteiger charge is -2.28. The molecule has 1 aliphatic rings. The van der Waals surface area contributed by atoms with Crippen LogP contribution >= 0.6 is 11.6 Å². The van der Waals surface area contributed by atoms with Crippen molar-refractivity contribution in [2.75, 3.05) is 20.3 Å². The Morgan fingerprint density at radius 2 is 2.02 bits per heavy atom. The number of furan rings is 1. The number of halogens is 1. The van der Waals surface area contributed by atoms with Gasteiger partial charge in [0, 0.05) is 23.4 Å². The predicted molar refractivity (Wildman–Crippen MR) is 155 cm³/mol. The van der Waals surface area contributed by atoms with Gasteiger partial charge in [-0.1, -0.05) is 17.7 Å². The smallest absolute Gasteiger partial charge is 0.337 e. The number of aliphatic hydroxyl groups is 1. The highest BCUT2D eigenvalue weighted by Gasteiger charge is 2.32. The number of aliphatic hydroxyl groups excluding tert-OH is 1. The summed E-state index contributed by atoms with van der Waals surface area (Å²) < 4.78 is 22.0. The summed E-state index contributed by atoms with van der Waals surface area (Å²) in [6.07, 6.45) is 0.109. The van der Waals surface area contributed by atoms with E-state index in [0.29, 0.717) is 46.5 Å². The molecular formula is C28H28ClN5O9. The molecule has 14 nitrogen and oxygen atoms in total. The zero-order valence-corrected chi connectivity index (χ0v) is 24.0. The van der Waals surface area contributed by atoms with E-state index in [4.69, 9.17) is 30.2 Å². The molecule has 0 aliphatic carbocycles. The van der Waals surface area contributed by atoms with Gasteiger partial charge in [0.25, 0.3) is 5.69 Å². The molecule has 0 unspecified atom stereocenters. The van der Waals surface area contributed by atoms with Crippen molar-refractivity contribution in [2.45, 2.75) is 26.1 Å². The number of methoxy groups -OCH3 is 1. The Kier molecular flexibility index (Phi) is 9.85. The Hall–Kier alpha value is -5.08. The summed E-state index contributed by atoms with van der Waals surface area (Å²) in [6, 6.07) is 10.9. The van der Waals surface area contributed by atoms with Gasteiger partial charge in [-0.25, -0.2) is 9.59 Å². The molecule has 226 valence electrons. The second kappa shape index (κ2) is 13.7. The third-order valence-corrected chi connectivity index (χ3v) is 6.46. The van der Waals surface area contributed by atoms with E-state index in [1.165, 1.54) is 31.5 Å². The van der Waals surface area contributed by atoms with Gasteiger partial charge in [0.05, 0.1) is 41.5 Å². The number of esters is 1. The zero-order chi connectivity index (χ0) is 31.1. The molecule has 4 rings (SSSR count). The standard InChI is InChI=1S/C28H28ClN5O9/c1-4-41-23-11-16(26-25(27(36)40-3)15(2)31-28(37)32-26)5-9-22(23)42-14-24(35)33-30-13-18-7-10-21(43-18)19-8-6-17(34(38)39)12-20(19)29/h5-13,24,26,33,35H,4,14H2,1-3H3,(H2,31,32,37)/b30-13-/t24-,26-/m0/s1. The Morgan fingerprint density at radius 3 is 2.72 bits per heavy atom. The normalized spacial score (nSPS) is 15.5. The number of nitrogens with zero attached hydrogens (tertiary/aromatic N) is 2. The summed E-state index contributed by atoms with van der Waals surface area (Å²) >= 11 is 6.16. The van der Waals surface area contributed by atoms with Crippen molar-refractivity contribution >= 4 is 35.5 Å². The minimum atomic E-state index is -1.22. The van der Waals surface area contributed by atoms with Crippen LogP contribution in [0.25, 0.3) is 11.3 Å². The number of nitrogens with one attached hydrogen (secondary N) is 3. The molecule has 0 saturated heterocycles. The molecule has 0 spiro atoms. The zero-order valence-electron chi connectivity index (χ0n) is 23.3. The van der Waals surface area contributed by atoms with Gasteiger partial charge >= 0.3 is 12.0 Å². The van der Waals surface area contributed by atoms with E-state index in [2.05, 4.69) is 21.2 Å². The molecular weight excluding hydrogens is 586 g/mol. The maximum absolute atomic E-state index is 12.4. The van der Waals surface area contributed by atoms with Gasteiger partial charge < -0.3 is 34.4 Å². The van der Waals surface area contributed by atoms with E-state index in [9.17, 15) is 24.8 Å². The second-order valence-corrected chi connectivity index (χ2v) is 9.45. The summed E-state index contributed by atoms with van der Waals surface area (Å²) in [7, 11) is 1.26. The number of hydrazone groups is 1. The fourth-order valence-electron chi connectivity index (χ4n) is 4.19. The SMILES string of the molecule is CCOc1cc([C@@H]2NC(=O)NC(C)=C2C(=O)OC)ccc1OC[C@H](O)N/N=C\c1ccc(-c2ccc([N+](=O)[O-])cc2Cl)o1. The van der Waals surface area contributed by atoms with E-state index < -0.39 is 29.2 Å². The van der Waals surface area contributed by atoms with Crippen LogP contribution in [-0.4, -0.2) is 54.8 Å². The van der Waals surface area contributed by atoms with Crippen molar-refractivity contribution in [3.63, 3.8) is 0 Å². The first-order valence-corrected chi connectivity index (χ1v) is 13.3. The lowest BCUT2D eigenvalue weighted by atomic mass is 9.95. The van der Waals surface area contributed by atoms with Crippen molar-refractivity contribution in [1.29, 1.82) is 0 Å². The fraction of sp³-hybridized carbons (Fsp3) is 0.250. The molecule has 0 bridgehead atoms. The van der Waals surface area contributed by atoms with Crippen molar-refractivity contribution in [2.24, 2.45) is 5.10 Å². The molecule has 2 amide bonds. The van der Waals surface area contributed by atoms with Crippen LogP contribution in [0.4, 0.5) is 10.5 Å². The Balaban J connectivity index is 1.39. The number of nitro groups is 1. The topological polar surface area (TPSA) is 187 Å². The Morgan fingerprint density at radius 1 is 1.23 bits per heavy atom. The van der Waals surface area contributed by atoms with Gasteiger partial charge in [0.2, 0.25) is 0 Å². The molecule has 15 heteroatoms. The van der Waals surface area contributed by atoms with Gasteiger partial charge in [0.1, 0.15) is 18.1 Å². The lowest BCUT2D eigenvalue weighted by Crippen LogP contribution is -2.45. The fourth-order valence-corrected chi connectivity index (χ4v) is 4.46. The van der Waals surface area contributed by atoms with Crippen LogP contribution in [0, 0.1) is 10.1 Å². The monoisotopic (exact) mass is 613 g/mol. The average Bonchev–Trinajstić information content (AvgIpc) is 3.44. The molecule has 1 aliphatic heterocycles. The van der Waals surface area contributed by atoms with Crippen LogP contribution in [0.5, 0.6) is 11.5 Å². The lowest BCUT2D eigenvalue weighted by molar-refractivity contribution is -0.384. The van der Waals surface area contributed by atoms with Crippen LogP contribution in [-0.2, 0) is 9.53 Å². The van der Waals surface area contributed by atoms with Crippen LogP contribution in [0.3, 0.4) is 0 Å². The summed E-state index contributed by atoms with van der Waals surface area (Å²) in [5, 5.41) is 30.6. The third kappa shape index (κ3) is 7.42. The molecule has 0 fully saturated rings. The minimum absolute atomic E-state index is 0.137. The highest BCUT2D eigenvalue weighted by molar-refractivity contribution is 6.33. The molecule has 2 atom stereocenters. The van der Waals surface area contributed by atoms with Crippen molar-refractivity contribution < 1.29 is 38.2 Å². The number of nitro benzene ring substituents is 1. The number of benzene rings is 2. The number of allylic oxidation sites excluding steroid dienone is 1. The number of hydrogen-bond acceptors (Lipinski definition) is 11. The second-order valence-electron chi connectivity index (χ2n) is 9.04. The van der Waals surface area contributed by atoms with Gasteiger partial charge in [-0.3, -0.25) is 15.5 Å². The van der Waals surface area contributed by atoms with Crippen LogP contribution < -0.4 is 25.5 Å². The summed E-state index contributed by atoms with van der Waals surface area (Å²) in [4.78, 5) is 34.9. The average molecular weight is 614 g/mol. The number of ether oxygens (including phenoxy) is 3. The number of hydrogen-bond donors (Lipinski definition) is 4. The van der Waals surface area contributed by atoms with E-state index in [0.717, 1.165) is 0 Å². The summed E-state index contributed by atoms with van der Waals surface area (Å²) in [6.45, 7) is 3.48. The number of carbonyl (C=O) groups excluding carboxylic acids is 2. The van der Waals surface area contributed by atoms with E-state index in [1.54, 1.807) is 44.2 Å². The molecule has 43 heavy (non-hydrogen) atoms. The predicted octanol–water partition coefficient (Wildman–Crippen LogP) is 4.03. The maximum atomic E-state index is 12.4. The number of carbonyl (C=O) groups is 2. The van der Waals surface area contributed by atoms with Crippen LogP contribution in [0.15, 0.2) is 69.3 Å². The molecule has 3 aromatic rings. The first-order chi connectivity index (χ1) is 20.6. The number of non-ortho nitro benzene ring substituents is 1. The first kappa shape index (κ1) is 30.9. The first-order valence-electron chi connectivity index (χ1n) is 12.9. The molecule has 1 aromatic heterocycles. The Labute approximate surface area is 250 Å². The van der Waals surface area contributed by atoms with Crippen molar-refractivity contribution in [3.8, 4) is 22.8 Å². The van der Waals surface area contributed by atoms with E-state index in [-0.39, 0.29) is 22.9 Å². The number of amides is 2. The summed E-state index contributed by atoms with van der Waals surface area (Å²) in [5.74, 6) is 0.763. The van der Waals surface area contributed by atoms with Gasteiger partial charge in [-0.05, 0) is 49.7 Å². The molecule has 2 aromatic carbocycles. The van der Waals surface area contributed by atoms with Gasteiger partial charge in [-0.15, -0.1) is 0 Å². The quantitative estimate of drug-likeness (QED) is 0.0763. The number of urea groups is 1. The number of rotatable bonds is 12. The van der Waals surface area contributed by atoms with Crippen molar-refractivity contribution in [3.05, 3.63) is 86.3 Å². The van der Waals surface area contributed by atoms with E-state index >= 15 is 0 Å².